The third kappa shape index (κ3) is 3.76. The van der Waals surface area contributed by atoms with E-state index in [2.05, 4.69) is 38.1 Å². The van der Waals surface area contributed by atoms with Crippen LogP contribution in [0.1, 0.15) is 56.8 Å². The highest BCUT2D eigenvalue weighted by Gasteiger charge is 2.11. The summed E-state index contributed by atoms with van der Waals surface area (Å²) in [5.41, 5.74) is 2.90. The Balaban J connectivity index is 2.74. The number of hydrogen-bond acceptors (Lipinski definition) is 1. The molecule has 1 rings (SSSR count). The van der Waals surface area contributed by atoms with E-state index in [-0.39, 0.29) is 0 Å². The van der Waals surface area contributed by atoms with Gasteiger partial charge in [-0.15, -0.1) is 0 Å². The molecule has 0 heterocycles. The molecule has 0 amide bonds. The second kappa shape index (κ2) is 7.63. The normalized spacial score (nSPS) is 12.9. The van der Waals surface area contributed by atoms with Gasteiger partial charge in [0.05, 0.1) is 6.10 Å². The summed E-state index contributed by atoms with van der Waals surface area (Å²) in [6, 6.07) is 8.76. The standard InChI is InChI=1S/C14H24OSi/c1-3-5-6-9-12-10-7-8-11-13(12)14(4-2)15-16/h7-8,10-11,14H,3-6,9H2,1-2,16H3. The summed E-state index contributed by atoms with van der Waals surface area (Å²) in [7, 11) is 0.820. The van der Waals surface area contributed by atoms with Gasteiger partial charge < -0.3 is 4.43 Å². The number of benzene rings is 1. The largest absolute Gasteiger partial charge is 0.421 e. The van der Waals surface area contributed by atoms with Crippen LogP contribution in [0.3, 0.4) is 0 Å². The Labute approximate surface area is 103 Å². The van der Waals surface area contributed by atoms with Crippen molar-refractivity contribution in [3.8, 4) is 0 Å². The molecule has 1 unspecified atom stereocenters. The second-order valence-corrected chi connectivity index (χ2v) is 4.76. The molecule has 0 aromatic heterocycles. The molecule has 1 aromatic rings. The van der Waals surface area contributed by atoms with Gasteiger partial charge in [0.25, 0.3) is 0 Å². The lowest BCUT2D eigenvalue weighted by molar-refractivity contribution is 0.221. The van der Waals surface area contributed by atoms with Crippen molar-refractivity contribution in [2.75, 3.05) is 0 Å². The smallest absolute Gasteiger partial charge is 0.146 e. The van der Waals surface area contributed by atoms with Crippen molar-refractivity contribution in [3.05, 3.63) is 35.4 Å². The number of unbranched alkanes of at least 4 members (excludes halogenated alkanes) is 2. The first-order valence-electron chi connectivity index (χ1n) is 6.44. The highest BCUT2D eigenvalue weighted by Crippen LogP contribution is 2.24. The predicted octanol–water partition coefficient (Wildman–Crippen LogP) is 3.17. The molecule has 1 nitrogen and oxygen atoms in total. The Morgan fingerprint density at radius 3 is 2.56 bits per heavy atom. The van der Waals surface area contributed by atoms with E-state index in [9.17, 15) is 0 Å². The van der Waals surface area contributed by atoms with Crippen molar-refractivity contribution in [2.45, 2.75) is 52.1 Å². The fourth-order valence-corrected chi connectivity index (χ4v) is 2.74. The molecule has 0 N–H and O–H groups in total. The summed E-state index contributed by atoms with van der Waals surface area (Å²) in [5.74, 6) is 0. The summed E-state index contributed by atoms with van der Waals surface area (Å²) in [5, 5.41) is 0. The van der Waals surface area contributed by atoms with E-state index >= 15 is 0 Å². The zero-order valence-electron chi connectivity index (χ0n) is 10.8. The highest BCUT2D eigenvalue weighted by atomic mass is 28.2. The SMILES string of the molecule is CCCCCc1ccccc1C(CC)O[SiH3]. The Morgan fingerprint density at radius 2 is 1.94 bits per heavy atom. The minimum atomic E-state index is 0.324. The van der Waals surface area contributed by atoms with Crippen LogP contribution in [-0.2, 0) is 10.8 Å². The molecule has 0 radical (unpaired) electrons. The van der Waals surface area contributed by atoms with Crippen LogP contribution >= 0.6 is 0 Å². The first-order valence-corrected chi connectivity index (χ1v) is 7.25. The molecule has 1 atom stereocenters. The molecule has 2 heteroatoms. The van der Waals surface area contributed by atoms with Crippen LogP contribution < -0.4 is 0 Å². The van der Waals surface area contributed by atoms with Gasteiger partial charge in [0.15, 0.2) is 0 Å². The molecule has 16 heavy (non-hydrogen) atoms. The molecule has 0 bridgehead atoms. The zero-order valence-corrected chi connectivity index (χ0v) is 12.8. The lowest BCUT2D eigenvalue weighted by Crippen LogP contribution is -2.04. The van der Waals surface area contributed by atoms with E-state index in [1.165, 1.54) is 36.8 Å². The Morgan fingerprint density at radius 1 is 1.19 bits per heavy atom. The number of hydrogen-bond donors (Lipinski definition) is 0. The van der Waals surface area contributed by atoms with Crippen molar-refractivity contribution in [1.29, 1.82) is 0 Å². The van der Waals surface area contributed by atoms with Crippen LogP contribution in [0.2, 0.25) is 0 Å². The summed E-state index contributed by atoms with van der Waals surface area (Å²) < 4.78 is 5.67. The molecule has 0 fully saturated rings. The molecular weight excluding hydrogens is 212 g/mol. The van der Waals surface area contributed by atoms with E-state index in [4.69, 9.17) is 4.43 Å². The van der Waals surface area contributed by atoms with Gasteiger partial charge in [-0.3, -0.25) is 0 Å². The molecule has 0 saturated heterocycles. The minimum absolute atomic E-state index is 0.324. The molecule has 0 saturated carbocycles. The summed E-state index contributed by atoms with van der Waals surface area (Å²) in [4.78, 5) is 0. The van der Waals surface area contributed by atoms with Gasteiger partial charge in [-0.25, -0.2) is 0 Å². The van der Waals surface area contributed by atoms with E-state index in [0.29, 0.717) is 6.10 Å². The second-order valence-electron chi connectivity index (χ2n) is 4.29. The van der Waals surface area contributed by atoms with Crippen LogP contribution in [0.25, 0.3) is 0 Å². The Bertz CT molecular complexity index is 295. The first kappa shape index (κ1) is 13.5. The quantitative estimate of drug-likeness (QED) is 0.522. The van der Waals surface area contributed by atoms with E-state index in [1.807, 2.05) is 0 Å². The molecule has 0 spiro atoms. The van der Waals surface area contributed by atoms with Crippen molar-refractivity contribution < 1.29 is 4.43 Å². The average molecular weight is 236 g/mol. The van der Waals surface area contributed by atoms with Crippen LogP contribution in [-0.4, -0.2) is 10.5 Å². The van der Waals surface area contributed by atoms with Crippen LogP contribution in [0.15, 0.2) is 24.3 Å². The van der Waals surface area contributed by atoms with E-state index < -0.39 is 0 Å². The molecule has 1 aromatic carbocycles. The Kier molecular flexibility index (Phi) is 6.42. The van der Waals surface area contributed by atoms with Crippen molar-refractivity contribution in [3.63, 3.8) is 0 Å². The van der Waals surface area contributed by atoms with Gasteiger partial charge in [0, 0.05) is 0 Å². The summed E-state index contributed by atoms with van der Waals surface area (Å²) >= 11 is 0. The van der Waals surface area contributed by atoms with Gasteiger partial charge in [-0.2, -0.15) is 0 Å². The lowest BCUT2D eigenvalue weighted by atomic mass is 9.96. The van der Waals surface area contributed by atoms with Crippen LogP contribution in [0.5, 0.6) is 0 Å². The average Bonchev–Trinajstić information content (AvgIpc) is 2.33. The lowest BCUT2D eigenvalue weighted by Gasteiger charge is -2.18. The van der Waals surface area contributed by atoms with Gasteiger partial charge >= 0.3 is 0 Å². The number of rotatable bonds is 7. The van der Waals surface area contributed by atoms with E-state index in [1.54, 1.807) is 0 Å². The topological polar surface area (TPSA) is 9.23 Å². The summed E-state index contributed by atoms with van der Waals surface area (Å²) in [6.45, 7) is 4.45. The maximum absolute atomic E-state index is 5.67. The van der Waals surface area contributed by atoms with Crippen molar-refractivity contribution in [1.82, 2.24) is 0 Å². The number of aryl methyl sites for hydroxylation is 1. The zero-order chi connectivity index (χ0) is 11.8. The maximum atomic E-state index is 5.67. The molecule has 0 aliphatic heterocycles. The van der Waals surface area contributed by atoms with Gasteiger partial charge in [0.2, 0.25) is 0 Å². The first-order chi connectivity index (χ1) is 7.83. The van der Waals surface area contributed by atoms with Crippen molar-refractivity contribution in [2.24, 2.45) is 0 Å². The fraction of sp³-hybridized carbons (Fsp3) is 0.571. The third-order valence-corrected chi connectivity index (χ3v) is 3.68. The highest BCUT2D eigenvalue weighted by molar-refractivity contribution is 5.98. The predicted molar refractivity (Wildman–Crippen MR) is 73.7 cm³/mol. The van der Waals surface area contributed by atoms with Crippen LogP contribution in [0.4, 0.5) is 0 Å². The molecular formula is C14H24OSi. The van der Waals surface area contributed by atoms with Crippen molar-refractivity contribution >= 4 is 10.5 Å². The molecule has 0 aliphatic carbocycles. The minimum Gasteiger partial charge on any atom is -0.421 e. The van der Waals surface area contributed by atoms with E-state index in [0.717, 1.165) is 16.9 Å². The monoisotopic (exact) mass is 236 g/mol. The van der Waals surface area contributed by atoms with Gasteiger partial charge in [-0.05, 0) is 30.4 Å². The Hall–Kier alpha value is -0.603. The third-order valence-electron chi connectivity index (χ3n) is 3.11. The van der Waals surface area contributed by atoms with Gasteiger partial charge in [-0.1, -0.05) is 51.0 Å². The summed E-state index contributed by atoms with van der Waals surface area (Å²) in [6.07, 6.45) is 6.51. The molecule has 90 valence electrons. The fourth-order valence-electron chi connectivity index (χ4n) is 2.15. The van der Waals surface area contributed by atoms with Crippen LogP contribution in [0, 0.1) is 0 Å². The van der Waals surface area contributed by atoms with Gasteiger partial charge in [0.1, 0.15) is 10.5 Å². The molecule has 0 aliphatic rings. The maximum Gasteiger partial charge on any atom is 0.146 e.